The minimum atomic E-state index is -0.875. The van der Waals surface area contributed by atoms with Gasteiger partial charge in [0.2, 0.25) is 0 Å². The minimum Gasteiger partial charge on any atom is -0.480 e. The Hall–Kier alpha value is -2.22. The smallest absolute Gasteiger partial charge is 0.326 e. The lowest BCUT2D eigenvalue weighted by Gasteiger charge is -2.22. The molecule has 0 amide bonds. The van der Waals surface area contributed by atoms with Crippen molar-refractivity contribution >= 4 is 22.8 Å². The van der Waals surface area contributed by atoms with Crippen molar-refractivity contribution in [2.75, 3.05) is 18.6 Å². The van der Waals surface area contributed by atoms with Crippen LogP contribution in [0.15, 0.2) is 12.5 Å². The molecular weight excluding hydrogens is 262 g/mol. The standard InChI is InChI=1S/C12H15N5O3/c1-16-10-8(4-15-16)11(14-6-13-10)17-5-7(20-2)3-9(17)12(18)19/h4,6-7,9H,3,5H2,1-2H3,(H,18,19). The average molecular weight is 277 g/mol. The normalized spacial score (nSPS) is 22.6. The van der Waals surface area contributed by atoms with E-state index >= 15 is 0 Å². The summed E-state index contributed by atoms with van der Waals surface area (Å²) in [7, 11) is 3.38. The topological polar surface area (TPSA) is 93.4 Å². The molecule has 3 heterocycles. The summed E-state index contributed by atoms with van der Waals surface area (Å²) in [6.07, 6.45) is 3.41. The predicted octanol–water partition coefficient (Wildman–Crippen LogP) is 0.0416. The number of hydrogen-bond acceptors (Lipinski definition) is 6. The summed E-state index contributed by atoms with van der Waals surface area (Å²) in [5, 5.41) is 14.3. The van der Waals surface area contributed by atoms with Crippen LogP contribution in [0, 0.1) is 0 Å². The van der Waals surface area contributed by atoms with Gasteiger partial charge in [0.25, 0.3) is 0 Å². The Morgan fingerprint density at radius 3 is 3.00 bits per heavy atom. The lowest BCUT2D eigenvalue weighted by molar-refractivity contribution is -0.138. The number of aromatic nitrogens is 4. The van der Waals surface area contributed by atoms with Gasteiger partial charge in [-0.1, -0.05) is 0 Å². The van der Waals surface area contributed by atoms with E-state index in [-0.39, 0.29) is 6.10 Å². The molecule has 1 aliphatic rings. The maximum atomic E-state index is 11.4. The SMILES string of the molecule is COC1CC(C(=O)O)N(c2ncnc3c2cnn3C)C1. The Labute approximate surface area is 115 Å². The number of ether oxygens (including phenoxy) is 1. The van der Waals surface area contributed by atoms with Gasteiger partial charge in [-0.05, 0) is 0 Å². The Bertz CT molecular complexity index is 656. The van der Waals surface area contributed by atoms with Crippen molar-refractivity contribution < 1.29 is 14.6 Å². The molecule has 8 nitrogen and oxygen atoms in total. The van der Waals surface area contributed by atoms with Crippen molar-refractivity contribution in [3.63, 3.8) is 0 Å². The monoisotopic (exact) mass is 277 g/mol. The number of carboxylic acid groups (broad SMARTS) is 1. The second-order valence-electron chi connectivity index (χ2n) is 4.80. The number of rotatable bonds is 3. The lowest BCUT2D eigenvalue weighted by Crippen LogP contribution is -2.36. The highest BCUT2D eigenvalue weighted by Crippen LogP contribution is 2.30. The molecule has 2 aromatic rings. The van der Waals surface area contributed by atoms with Crippen LogP contribution in [0.2, 0.25) is 0 Å². The molecule has 20 heavy (non-hydrogen) atoms. The molecule has 1 fully saturated rings. The first-order chi connectivity index (χ1) is 9.61. The summed E-state index contributed by atoms with van der Waals surface area (Å²) in [4.78, 5) is 21.6. The number of aryl methyl sites for hydroxylation is 1. The second-order valence-corrected chi connectivity index (χ2v) is 4.80. The van der Waals surface area contributed by atoms with E-state index in [9.17, 15) is 9.90 Å². The fourth-order valence-corrected chi connectivity index (χ4v) is 2.61. The zero-order valence-corrected chi connectivity index (χ0v) is 11.2. The number of nitrogens with zero attached hydrogens (tertiary/aromatic N) is 5. The van der Waals surface area contributed by atoms with Crippen LogP contribution in [-0.4, -0.2) is 56.6 Å². The van der Waals surface area contributed by atoms with Crippen LogP contribution in [-0.2, 0) is 16.6 Å². The Kier molecular flexibility index (Phi) is 3.01. The number of anilines is 1. The molecule has 2 atom stereocenters. The molecule has 8 heteroatoms. The molecule has 1 aliphatic heterocycles. The zero-order valence-electron chi connectivity index (χ0n) is 11.2. The predicted molar refractivity (Wildman–Crippen MR) is 70.5 cm³/mol. The van der Waals surface area contributed by atoms with Crippen molar-refractivity contribution in [3.8, 4) is 0 Å². The molecule has 0 aromatic carbocycles. The van der Waals surface area contributed by atoms with Gasteiger partial charge in [0.1, 0.15) is 18.2 Å². The van der Waals surface area contributed by atoms with E-state index in [0.717, 1.165) is 5.39 Å². The van der Waals surface area contributed by atoms with Gasteiger partial charge in [-0.25, -0.2) is 14.8 Å². The fraction of sp³-hybridized carbons (Fsp3) is 0.500. The van der Waals surface area contributed by atoms with Crippen LogP contribution in [0.5, 0.6) is 0 Å². The van der Waals surface area contributed by atoms with E-state index in [1.54, 1.807) is 29.9 Å². The van der Waals surface area contributed by atoms with E-state index in [2.05, 4.69) is 15.1 Å². The summed E-state index contributed by atoms with van der Waals surface area (Å²) in [5.41, 5.74) is 0.681. The number of aliphatic carboxylic acids is 1. The number of fused-ring (bicyclic) bond motifs is 1. The molecular formula is C12H15N5O3. The Morgan fingerprint density at radius 2 is 2.30 bits per heavy atom. The van der Waals surface area contributed by atoms with Crippen LogP contribution >= 0.6 is 0 Å². The Morgan fingerprint density at radius 1 is 1.50 bits per heavy atom. The third-order valence-electron chi connectivity index (χ3n) is 3.66. The van der Waals surface area contributed by atoms with Crippen LogP contribution < -0.4 is 4.90 Å². The van der Waals surface area contributed by atoms with Gasteiger partial charge < -0.3 is 14.7 Å². The average Bonchev–Trinajstić information content (AvgIpc) is 3.03. The summed E-state index contributed by atoms with van der Waals surface area (Å²) >= 11 is 0. The molecule has 3 rings (SSSR count). The maximum absolute atomic E-state index is 11.4. The van der Waals surface area contributed by atoms with E-state index in [0.29, 0.717) is 24.4 Å². The molecule has 2 unspecified atom stereocenters. The quantitative estimate of drug-likeness (QED) is 0.846. The van der Waals surface area contributed by atoms with Gasteiger partial charge in [0, 0.05) is 27.1 Å². The first-order valence-corrected chi connectivity index (χ1v) is 6.26. The highest BCUT2D eigenvalue weighted by molar-refractivity contribution is 5.89. The van der Waals surface area contributed by atoms with Gasteiger partial charge in [-0.3, -0.25) is 4.68 Å². The maximum Gasteiger partial charge on any atom is 0.326 e. The summed E-state index contributed by atoms with van der Waals surface area (Å²) in [6, 6.07) is -0.641. The van der Waals surface area contributed by atoms with E-state index < -0.39 is 12.0 Å². The van der Waals surface area contributed by atoms with Crippen LogP contribution in [0.1, 0.15) is 6.42 Å². The Balaban J connectivity index is 2.07. The fourth-order valence-electron chi connectivity index (χ4n) is 2.61. The van der Waals surface area contributed by atoms with Crippen LogP contribution in [0.3, 0.4) is 0 Å². The van der Waals surface area contributed by atoms with Gasteiger partial charge in [0.15, 0.2) is 5.65 Å². The third kappa shape index (κ3) is 1.88. The number of carboxylic acids is 1. The van der Waals surface area contributed by atoms with Gasteiger partial charge in [-0.2, -0.15) is 5.10 Å². The van der Waals surface area contributed by atoms with Crippen molar-refractivity contribution in [2.45, 2.75) is 18.6 Å². The number of carbonyl (C=O) groups is 1. The van der Waals surface area contributed by atoms with Gasteiger partial charge in [0.05, 0.1) is 17.7 Å². The molecule has 0 radical (unpaired) electrons. The molecule has 2 aromatic heterocycles. The van der Waals surface area contributed by atoms with Crippen molar-refractivity contribution in [1.29, 1.82) is 0 Å². The number of hydrogen-bond donors (Lipinski definition) is 1. The molecule has 1 saturated heterocycles. The van der Waals surface area contributed by atoms with Crippen LogP contribution in [0.4, 0.5) is 5.82 Å². The highest BCUT2D eigenvalue weighted by Gasteiger charge is 2.38. The molecule has 106 valence electrons. The largest absolute Gasteiger partial charge is 0.480 e. The van der Waals surface area contributed by atoms with Crippen LogP contribution in [0.25, 0.3) is 11.0 Å². The minimum absolute atomic E-state index is 0.113. The second kappa shape index (κ2) is 4.71. The van der Waals surface area contributed by atoms with Crippen molar-refractivity contribution in [3.05, 3.63) is 12.5 Å². The molecule has 1 N–H and O–H groups in total. The third-order valence-corrected chi connectivity index (χ3v) is 3.66. The molecule has 0 saturated carbocycles. The van der Waals surface area contributed by atoms with E-state index in [1.165, 1.54) is 6.33 Å². The molecule has 0 bridgehead atoms. The first kappa shape index (κ1) is 12.8. The van der Waals surface area contributed by atoms with Crippen molar-refractivity contribution in [2.24, 2.45) is 7.05 Å². The zero-order chi connectivity index (χ0) is 14.3. The van der Waals surface area contributed by atoms with Gasteiger partial charge in [-0.15, -0.1) is 0 Å². The summed E-state index contributed by atoms with van der Waals surface area (Å²) < 4.78 is 6.93. The molecule has 0 spiro atoms. The van der Waals surface area contributed by atoms with E-state index in [4.69, 9.17) is 4.74 Å². The molecule has 0 aliphatic carbocycles. The van der Waals surface area contributed by atoms with Crippen molar-refractivity contribution in [1.82, 2.24) is 19.7 Å². The van der Waals surface area contributed by atoms with E-state index in [1.807, 2.05) is 0 Å². The number of methoxy groups -OCH3 is 1. The summed E-state index contributed by atoms with van der Waals surface area (Å²) in [6.45, 7) is 0.495. The lowest BCUT2D eigenvalue weighted by atomic mass is 10.2. The first-order valence-electron chi connectivity index (χ1n) is 6.26. The summed E-state index contributed by atoms with van der Waals surface area (Å²) in [5.74, 6) is -0.282. The van der Waals surface area contributed by atoms with Gasteiger partial charge >= 0.3 is 5.97 Å². The highest BCUT2D eigenvalue weighted by atomic mass is 16.5.